The summed E-state index contributed by atoms with van der Waals surface area (Å²) < 4.78 is 30.2. The van der Waals surface area contributed by atoms with Crippen LogP contribution in [0.3, 0.4) is 0 Å². The first kappa shape index (κ1) is 35.4. The molecule has 11 nitrogen and oxygen atoms in total. The van der Waals surface area contributed by atoms with Gasteiger partial charge in [0.1, 0.15) is 23.3 Å². The topological polar surface area (TPSA) is 102 Å². The molecule has 0 bridgehead atoms. The summed E-state index contributed by atoms with van der Waals surface area (Å²) in [5.74, 6) is -0.0566. The summed E-state index contributed by atoms with van der Waals surface area (Å²) in [6, 6.07) is 20.5. The molecule has 4 aliphatic heterocycles. The molecule has 7 heterocycles. The zero-order chi connectivity index (χ0) is 37.5. The van der Waals surface area contributed by atoms with Gasteiger partial charge in [0, 0.05) is 69.6 Å². The summed E-state index contributed by atoms with van der Waals surface area (Å²) in [6.45, 7) is 7.43. The molecule has 9 rings (SSSR count). The Kier molecular flexibility index (Phi) is 9.73. The molecule has 284 valence electrons. The standard InChI is InChI=1S/C42H45F2N9O2/c43-30-9-10-33(35(44)25-30)37-7-3-16-52(37)39-15-19-53-41(47-39)34(26-45-53)36-6-2-8-38(46-36)51-22-20-50(21-23-51)31-13-17-49(18-14-31)27-28-4-1-5-29(24-28)32-11-12-40(54)48-42(32)55/h1-2,4-6,8-10,15,19,24-26,31-32,37H,3,7,11-14,16-18,20-23,27H2,(H,48,54,55)/t32?,37-/m1/s1. The Morgan fingerprint density at radius 2 is 1.64 bits per heavy atom. The van der Waals surface area contributed by atoms with Crippen molar-refractivity contribution in [1.29, 1.82) is 0 Å². The third-order valence-corrected chi connectivity index (χ3v) is 11.9. The van der Waals surface area contributed by atoms with Gasteiger partial charge in [-0.05, 0) is 80.6 Å². The van der Waals surface area contributed by atoms with E-state index in [1.807, 2.05) is 36.5 Å². The van der Waals surface area contributed by atoms with Crippen molar-refractivity contribution in [3.05, 3.63) is 107 Å². The average Bonchev–Trinajstić information content (AvgIpc) is 3.86. The van der Waals surface area contributed by atoms with Crippen molar-refractivity contribution in [3.63, 3.8) is 0 Å². The second-order valence-electron chi connectivity index (χ2n) is 15.3. The molecule has 3 aromatic heterocycles. The number of carbonyl (C=O) groups excluding carboxylic acids is 2. The van der Waals surface area contributed by atoms with E-state index in [1.54, 1.807) is 16.8 Å². The van der Waals surface area contributed by atoms with Crippen LogP contribution in [0.25, 0.3) is 16.9 Å². The Hall–Kier alpha value is -5.27. The maximum atomic E-state index is 14.8. The minimum Gasteiger partial charge on any atom is -0.354 e. The lowest BCUT2D eigenvalue weighted by atomic mass is 9.89. The number of imide groups is 1. The molecule has 1 unspecified atom stereocenters. The molecular weight excluding hydrogens is 701 g/mol. The van der Waals surface area contributed by atoms with Crippen molar-refractivity contribution in [2.45, 2.75) is 63.1 Å². The Bertz CT molecular complexity index is 2210. The number of nitrogens with one attached hydrogen (secondary N) is 1. The van der Waals surface area contributed by atoms with E-state index in [0.717, 1.165) is 113 Å². The molecule has 4 fully saturated rings. The molecule has 0 saturated carbocycles. The van der Waals surface area contributed by atoms with Crippen LogP contribution in [0.4, 0.5) is 20.4 Å². The smallest absolute Gasteiger partial charge is 0.234 e. The second-order valence-corrected chi connectivity index (χ2v) is 15.3. The number of hydrogen-bond acceptors (Lipinski definition) is 9. The molecule has 1 N–H and O–H groups in total. The molecule has 0 spiro atoms. The number of aromatic nitrogens is 4. The number of amides is 2. The van der Waals surface area contributed by atoms with Gasteiger partial charge in [-0.25, -0.2) is 23.3 Å². The van der Waals surface area contributed by atoms with E-state index in [0.29, 0.717) is 30.1 Å². The largest absolute Gasteiger partial charge is 0.354 e. The van der Waals surface area contributed by atoms with Crippen molar-refractivity contribution in [2.75, 3.05) is 55.6 Å². The highest BCUT2D eigenvalue weighted by molar-refractivity contribution is 6.00. The molecule has 2 aromatic carbocycles. The van der Waals surface area contributed by atoms with E-state index in [1.165, 1.54) is 11.6 Å². The van der Waals surface area contributed by atoms with E-state index >= 15 is 0 Å². The van der Waals surface area contributed by atoms with Crippen molar-refractivity contribution < 1.29 is 18.4 Å². The number of nitrogens with zero attached hydrogens (tertiary/aromatic N) is 8. The van der Waals surface area contributed by atoms with Crippen molar-refractivity contribution in [2.24, 2.45) is 0 Å². The number of halogens is 2. The predicted molar refractivity (Wildman–Crippen MR) is 206 cm³/mol. The number of piperazine rings is 1. The SMILES string of the molecule is O=C1CCC(c2cccc(CN3CCC(N4CCN(c5cccc(-c6cnn7ccc(N8CCC[C@@H]8c8ccc(F)cc8F)nc67)n5)CC4)CC3)c2)C(=O)N1. The summed E-state index contributed by atoms with van der Waals surface area (Å²) in [7, 11) is 0. The number of fused-ring (bicyclic) bond motifs is 1. The fourth-order valence-electron chi connectivity index (χ4n) is 9.02. The van der Waals surface area contributed by atoms with Gasteiger partial charge in [0.25, 0.3) is 0 Å². The first-order valence-corrected chi connectivity index (χ1v) is 19.5. The first-order valence-electron chi connectivity index (χ1n) is 19.5. The Labute approximate surface area is 319 Å². The number of pyridine rings is 1. The fourth-order valence-corrected chi connectivity index (χ4v) is 9.02. The van der Waals surface area contributed by atoms with Gasteiger partial charge in [-0.2, -0.15) is 5.10 Å². The maximum absolute atomic E-state index is 14.8. The highest BCUT2D eigenvalue weighted by Crippen LogP contribution is 2.37. The third-order valence-electron chi connectivity index (χ3n) is 11.9. The highest BCUT2D eigenvalue weighted by Gasteiger charge is 2.32. The number of benzene rings is 2. The average molecular weight is 746 g/mol. The molecular formula is C42H45F2N9O2. The van der Waals surface area contributed by atoms with Gasteiger partial charge in [-0.3, -0.25) is 24.7 Å². The summed E-state index contributed by atoms with van der Waals surface area (Å²) in [6.07, 6.45) is 8.55. The summed E-state index contributed by atoms with van der Waals surface area (Å²) >= 11 is 0. The Morgan fingerprint density at radius 1 is 0.800 bits per heavy atom. The van der Waals surface area contributed by atoms with Gasteiger partial charge in [0.15, 0.2) is 5.65 Å². The minimum atomic E-state index is -0.576. The van der Waals surface area contributed by atoms with Gasteiger partial charge in [0.2, 0.25) is 11.8 Å². The lowest BCUT2D eigenvalue weighted by Crippen LogP contribution is -2.53. The number of hydrogen-bond donors (Lipinski definition) is 1. The fraction of sp³-hybridized carbons (Fsp3) is 0.405. The van der Waals surface area contributed by atoms with Crippen LogP contribution in [0.2, 0.25) is 0 Å². The molecule has 5 aromatic rings. The zero-order valence-electron chi connectivity index (χ0n) is 30.8. The van der Waals surface area contributed by atoms with E-state index in [4.69, 9.17) is 9.97 Å². The van der Waals surface area contributed by atoms with Gasteiger partial charge in [-0.15, -0.1) is 0 Å². The Balaban J connectivity index is 0.814. The lowest BCUT2D eigenvalue weighted by Gasteiger charge is -2.43. The van der Waals surface area contributed by atoms with E-state index in [-0.39, 0.29) is 23.8 Å². The number of rotatable bonds is 8. The highest BCUT2D eigenvalue weighted by atomic mass is 19.1. The van der Waals surface area contributed by atoms with Crippen LogP contribution < -0.4 is 15.1 Å². The molecule has 55 heavy (non-hydrogen) atoms. The third kappa shape index (κ3) is 7.30. The maximum Gasteiger partial charge on any atom is 0.234 e. The van der Waals surface area contributed by atoms with E-state index < -0.39 is 11.6 Å². The van der Waals surface area contributed by atoms with Crippen LogP contribution >= 0.6 is 0 Å². The van der Waals surface area contributed by atoms with Gasteiger partial charge in [0.05, 0.1) is 29.4 Å². The normalized spacial score (nSPS) is 21.8. The number of carbonyl (C=O) groups is 2. The van der Waals surface area contributed by atoms with E-state index in [2.05, 4.69) is 48.2 Å². The molecule has 13 heteroatoms. The zero-order valence-corrected chi connectivity index (χ0v) is 30.8. The number of anilines is 2. The lowest BCUT2D eigenvalue weighted by molar-refractivity contribution is -0.134. The molecule has 0 radical (unpaired) electrons. The second kappa shape index (κ2) is 15.1. The number of piperidine rings is 2. The molecule has 4 aliphatic rings. The van der Waals surface area contributed by atoms with Gasteiger partial charge < -0.3 is 9.80 Å². The summed E-state index contributed by atoms with van der Waals surface area (Å²) in [5.41, 5.74) is 5.01. The van der Waals surface area contributed by atoms with Crippen LogP contribution in [-0.4, -0.2) is 93.1 Å². The van der Waals surface area contributed by atoms with Crippen LogP contribution in [0.5, 0.6) is 0 Å². The van der Waals surface area contributed by atoms with Crippen molar-refractivity contribution in [3.8, 4) is 11.3 Å². The van der Waals surface area contributed by atoms with Crippen molar-refractivity contribution >= 4 is 29.1 Å². The summed E-state index contributed by atoms with van der Waals surface area (Å²) in [5, 5.41) is 7.06. The van der Waals surface area contributed by atoms with Crippen LogP contribution in [0.1, 0.15) is 67.2 Å². The molecule has 0 aliphatic carbocycles. The quantitative estimate of drug-likeness (QED) is 0.200. The van der Waals surface area contributed by atoms with Gasteiger partial charge >= 0.3 is 0 Å². The monoisotopic (exact) mass is 745 g/mol. The predicted octanol–water partition coefficient (Wildman–Crippen LogP) is 5.72. The van der Waals surface area contributed by atoms with Crippen LogP contribution in [0.15, 0.2) is 79.1 Å². The number of likely N-dealkylation sites (tertiary alicyclic amines) is 1. The molecule has 4 saturated heterocycles. The Morgan fingerprint density at radius 3 is 2.45 bits per heavy atom. The molecule has 2 atom stereocenters. The summed E-state index contributed by atoms with van der Waals surface area (Å²) in [4.78, 5) is 43.8. The van der Waals surface area contributed by atoms with E-state index in [9.17, 15) is 18.4 Å². The van der Waals surface area contributed by atoms with Crippen LogP contribution in [-0.2, 0) is 16.1 Å². The van der Waals surface area contributed by atoms with Crippen molar-refractivity contribution in [1.82, 2.24) is 34.7 Å². The molecule has 2 amide bonds. The minimum absolute atomic E-state index is 0.182. The van der Waals surface area contributed by atoms with Crippen LogP contribution in [0, 0.1) is 11.6 Å². The first-order chi connectivity index (χ1) is 26.9. The van der Waals surface area contributed by atoms with Gasteiger partial charge in [-0.1, -0.05) is 36.4 Å².